The number of carbonyl (C=O) groups is 2. The third-order valence-electron chi connectivity index (χ3n) is 4.57. The van der Waals surface area contributed by atoms with Crippen LogP contribution in [0.4, 0.5) is 4.79 Å². The molecule has 0 saturated heterocycles. The van der Waals surface area contributed by atoms with Gasteiger partial charge in [0.25, 0.3) is 0 Å². The van der Waals surface area contributed by atoms with Crippen LogP contribution in [-0.2, 0) is 0 Å². The number of amides is 2. The highest BCUT2D eigenvalue weighted by atomic mass is 16.5. The minimum absolute atomic E-state index is 0.177. The Hall–Kier alpha value is -3.48. The number of hydrogen-bond acceptors (Lipinski definition) is 5. The Morgan fingerprint density at radius 1 is 0.964 bits per heavy atom. The van der Waals surface area contributed by atoms with Crippen LogP contribution in [0.25, 0.3) is 0 Å². The molecule has 2 amide bonds. The van der Waals surface area contributed by atoms with E-state index in [-0.39, 0.29) is 11.8 Å². The van der Waals surface area contributed by atoms with Gasteiger partial charge in [0.2, 0.25) is 5.75 Å². The first-order chi connectivity index (χ1) is 13.5. The smallest absolute Gasteiger partial charge is 0.319 e. The number of rotatable bonds is 6. The van der Waals surface area contributed by atoms with Crippen molar-refractivity contribution < 1.29 is 23.8 Å². The van der Waals surface area contributed by atoms with E-state index in [1.807, 2.05) is 6.07 Å². The van der Waals surface area contributed by atoms with Crippen molar-refractivity contribution in [2.75, 3.05) is 21.3 Å². The summed E-state index contributed by atoms with van der Waals surface area (Å²) < 4.78 is 16.2. The summed E-state index contributed by atoms with van der Waals surface area (Å²) in [5.74, 6) is 1.14. The summed E-state index contributed by atoms with van der Waals surface area (Å²) in [5.41, 5.74) is 2.12. The van der Waals surface area contributed by atoms with Gasteiger partial charge in [0.1, 0.15) is 0 Å². The van der Waals surface area contributed by atoms with Gasteiger partial charge in [0, 0.05) is 16.8 Å². The monoisotopic (exact) mass is 382 g/mol. The van der Waals surface area contributed by atoms with Crippen LogP contribution in [0, 0.1) is 0 Å². The number of urea groups is 1. The molecule has 0 aromatic heterocycles. The lowest BCUT2D eigenvalue weighted by atomic mass is 9.89. The van der Waals surface area contributed by atoms with E-state index in [1.165, 1.54) is 21.3 Å². The largest absolute Gasteiger partial charge is 0.493 e. The van der Waals surface area contributed by atoms with Crippen LogP contribution in [0.2, 0.25) is 0 Å². The maximum Gasteiger partial charge on any atom is 0.319 e. The predicted octanol–water partition coefficient (Wildman–Crippen LogP) is 3.22. The molecule has 3 rings (SSSR count). The molecule has 1 aliphatic heterocycles. The highest BCUT2D eigenvalue weighted by Gasteiger charge is 2.33. The summed E-state index contributed by atoms with van der Waals surface area (Å²) in [5, 5.41) is 5.50. The number of ether oxygens (including phenoxy) is 3. The first kappa shape index (κ1) is 19.3. The maximum absolute atomic E-state index is 13.2. The molecule has 2 aromatic rings. The molecule has 146 valence electrons. The van der Waals surface area contributed by atoms with Gasteiger partial charge in [0.15, 0.2) is 17.3 Å². The molecule has 2 aromatic carbocycles. The summed E-state index contributed by atoms with van der Waals surface area (Å²) >= 11 is 0. The molecule has 0 radical (unpaired) electrons. The zero-order valence-corrected chi connectivity index (χ0v) is 16.2. The summed E-state index contributed by atoms with van der Waals surface area (Å²) in [6, 6.07) is 11.3. The van der Waals surface area contributed by atoms with Crippen molar-refractivity contribution in [2.45, 2.75) is 13.0 Å². The van der Waals surface area contributed by atoms with Gasteiger partial charge in [0.05, 0.1) is 27.4 Å². The molecular formula is C21H22N2O5. The fourth-order valence-corrected chi connectivity index (χ4v) is 3.26. The van der Waals surface area contributed by atoms with Gasteiger partial charge in [-0.25, -0.2) is 4.79 Å². The number of carbonyl (C=O) groups excluding carboxylic acids is 2. The van der Waals surface area contributed by atoms with Crippen molar-refractivity contribution >= 4 is 11.8 Å². The second-order valence-electron chi connectivity index (χ2n) is 6.22. The van der Waals surface area contributed by atoms with Crippen molar-refractivity contribution in [2.24, 2.45) is 0 Å². The Morgan fingerprint density at radius 2 is 1.57 bits per heavy atom. The van der Waals surface area contributed by atoms with Gasteiger partial charge in [-0.1, -0.05) is 30.3 Å². The van der Waals surface area contributed by atoms with Crippen LogP contribution in [-0.4, -0.2) is 33.1 Å². The number of hydrogen-bond donors (Lipinski definition) is 2. The van der Waals surface area contributed by atoms with E-state index in [0.29, 0.717) is 39.6 Å². The lowest BCUT2D eigenvalue weighted by Gasteiger charge is -2.29. The fraction of sp³-hybridized carbons (Fsp3) is 0.238. The second kappa shape index (κ2) is 8.04. The van der Waals surface area contributed by atoms with E-state index in [1.54, 1.807) is 43.3 Å². The number of allylic oxidation sites excluding steroid dienone is 1. The summed E-state index contributed by atoms with van der Waals surface area (Å²) in [4.78, 5) is 25.3. The second-order valence-corrected chi connectivity index (χ2v) is 6.22. The lowest BCUT2D eigenvalue weighted by Crippen LogP contribution is -2.45. The van der Waals surface area contributed by atoms with E-state index in [9.17, 15) is 9.59 Å². The van der Waals surface area contributed by atoms with Crippen molar-refractivity contribution in [1.29, 1.82) is 0 Å². The number of nitrogens with one attached hydrogen (secondary N) is 2. The molecule has 0 spiro atoms. The SMILES string of the molecule is COc1cc(C2NC(=O)NC(C)=C2C(=O)c2ccccc2)cc(OC)c1OC. The van der Waals surface area contributed by atoms with E-state index in [0.717, 1.165) is 0 Å². The molecule has 7 heteroatoms. The number of methoxy groups -OCH3 is 3. The standard InChI is InChI=1S/C21H22N2O5/c1-12-17(19(24)13-8-6-5-7-9-13)18(23-21(25)22-12)14-10-15(26-2)20(28-4)16(11-14)27-3/h5-11,18H,1-4H3,(H2,22,23,25). The predicted molar refractivity (Wildman–Crippen MR) is 104 cm³/mol. The fourth-order valence-electron chi connectivity index (χ4n) is 3.26. The molecule has 0 saturated carbocycles. The zero-order valence-electron chi connectivity index (χ0n) is 16.2. The summed E-state index contributed by atoms with van der Waals surface area (Å²) in [6.45, 7) is 1.71. The summed E-state index contributed by atoms with van der Waals surface area (Å²) in [6.07, 6.45) is 0. The Bertz CT molecular complexity index is 912. The minimum Gasteiger partial charge on any atom is -0.493 e. The highest BCUT2D eigenvalue weighted by Crippen LogP contribution is 2.41. The van der Waals surface area contributed by atoms with Gasteiger partial charge < -0.3 is 24.8 Å². The average Bonchev–Trinajstić information content (AvgIpc) is 2.72. The number of ketones is 1. The van der Waals surface area contributed by atoms with E-state index >= 15 is 0 Å². The normalized spacial score (nSPS) is 16.1. The molecule has 1 unspecified atom stereocenters. The van der Waals surface area contributed by atoms with Crippen LogP contribution < -0.4 is 24.8 Å². The molecule has 0 fully saturated rings. The Balaban J connectivity index is 2.14. The van der Waals surface area contributed by atoms with Crippen molar-refractivity contribution in [3.05, 3.63) is 64.9 Å². The Kier molecular flexibility index (Phi) is 5.54. The highest BCUT2D eigenvalue weighted by molar-refractivity contribution is 6.11. The molecule has 0 bridgehead atoms. The molecule has 28 heavy (non-hydrogen) atoms. The number of benzene rings is 2. The maximum atomic E-state index is 13.2. The minimum atomic E-state index is -0.671. The molecule has 1 heterocycles. The van der Waals surface area contributed by atoms with Gasteiger partial charge in [-0.2, -0.15) is 0 Å². The molecule has 1 atom stereocenters. The Morgan fingerprint density at radius 3 is 2.11 bits per heavy atom. The van der Waals surface area contributed by atoms with Gasteiger partial charge in [-0.05, 0) is 24.6 Å². The van der Waals surface area contributed by atoms with Crippen molar-refractivity contribution in [3.63, 3.8) is 0 Å². The Labute approximate surface area is 163 Å². The van der Waals surface area contributed by atoms with Gasteiger partial charge in [-0.3, -0.25) is 4.79 Å². The van der Waals surface area contributed by atoms with Crippen molar-refractivity contribution in [3.8, 4) is 17.2 Å². The third-order valence-corrected chi connectivity index (χ3v) is 4.57. The number of Topliss-reactive ketones (excluding diaryl/α,β-unsaturated/α-hetero) is 1. The van der Waals surface area contributed by atoms with E-state index < -0.39 is 6.04 Å². The quantitative estimate of drug-likeness (QED) is 0.749. The zero-order chi connectivity index (χ0) is 20.3. The van der Waals surface area contributed by atoms with Gasteiger partial charge >= 0.3 is 6.03 Å². The average molecular weight is 382 g/mol. The van der Waals surface area contributed by atoms with E-state index in [4.69, 9.17) is 14.2 Å². The third kappa shape index (κ3) is 3.51. The van der Waals surface area contributed by atoms with Crippen LogP contribution in [0.3, 0.4) is 0 Å². The summed E-state index contributed by atoms with van der Waals surface area (Å²) in [7, 11) is 4.54. The van der Waals surface area contributed by atoms with Crippen molar-refractivity contribution in [1.82, 2.24) is 10.6 Å². The molecular weight excluding hydrogens is 360 g/mol. The molecule has 7 nitrogen and oxygen atoms in total. The molecule has 0 aliphatic carbocycles. The lowest BCUT2D eigenvalue weighted by molar-refractivity contribution is 0.102. The first-order valence-electron chi connectivity index (χ1n) is 8.68. The molecule has 1 aliphatic rings. The van der Waals surface area contributed by atoms with Crippen LogP contribution in [0.15, 0.2) is 53.7 Å². The molecule has 2 N–H and O–H groups in total. The van der Waals surface area contributed by atoms with Gasteiger partial charge in [-0.15, -0.1) is 0 Å². The van der Waals surface area contributed by atoms with E-state index in [2.05, 4.69) is 10.6 Å². The van der Waals surface area contributed by atoms with Crippen LogP contribution >= 0.6 is 0 Å². The van der Waals surface area contributed by atoms with Crippen LogP contribution in [0.5, 0.6) is 17.2 Å². The first-order valence-corrected chi connectivity index (χ1v) is 8.68. The van der Waals surface area contributed by atoms with Crippen LogP contribution in [0.1, 0.15) is 28.9 Å². The topological polar surface area (TPSA) is 85.9 Å².